The quantitative estimate of drug-likeness (QED) is 0.743. The highest BCUT2D eigenvalue weighted by molar-refractivity contribution is 6.18. The third-order valence-corrected chi connectivity index (χ3v) is 3.42. The summed E-state index contributed by atoms with van der Waals surface area (Å²) in [5.41, 5.74) is 0.0431. The van der Waals surface area contributed by atoms with Crippen LogP contribution in [0.5, 0.6) is 0 Å². The summed E-state index contributed by atoms with van der Waals surface area (Å²) in [5.74, 6) is -0.0982. The van der Waals surface area contributed by atoms with Crippen molar-refractivity contribution >= 4 is 11.5 Å². The van der Waals surface area contributed by atoms with Gasteiger partial charge in [-0.25, -0.2) is 0 Å². The lowest BCUT2D eigenvalue weighted by atomic mass is 9.80. The SMILES string of the molecule is CC1(C)CC2=NC(C)(C)C(=O)C(C(C)(C)O)=C2N1. The van der Waals surface area contributed by atoms with E-state index in [0.717, 1.165) is 17.8 Å². The van der Waals surface area contributed by atoms with Crippen LogP contribution >= 0.6 is 0 Å². The number of fused-ring (bicyclic) bond motifs is 1. The van der Waals surface area contributed by atoms with Crippen LogP contribution in [0.3, 0.4) is 0 Å². The van der Waals surface area contributed by atoms with Gasteiger partial charge in [0.15, 0.2) is 5.78 Å². The number of ketones is 1. The molecule has 18 heavy (non-hydrogen) atoms. The average molecular weight is 250 g/mol. The van der Waals surface area contributed by atoms with Crippen LogP contribution in [0.1, 0.15) is 48.0 Å². The van der Waals surface area contributed by atoms with Crippen LogP contribution in [-0.4, -0.2) is 33.3 Å². The van der Waals surface area contributed by atoms with Crippen molar-refractivity contribution < 1.29 is 9.90 Å². The molecule has 2 rings (SSSR count). The maximum Gasteiger partial charge on any atom is 0.190 e. The Labute approximate surface area is 108 Å². The van der Waals surface area contributed by atoms with E-state index in [9.17, 15) is 9.90 Å². The largest absolute Gasteiger partial charge is 0.386 e. The smallest absolute Gasteiger partial charge is 0.190 e. The second-order valence-corrected chi connectivity index (χ2v) is 6.94. The lowest BCUT2D eigenvalue weighted by Gasteiger charge is -2.32. The van der Waals surface area contributed by atoms with Gasteiger partial charge < -0.3 is 10.4 Å². The Morgan fingerprint density at radius 1 is 1.28 bits per heavy atom. The van der Waals surface area contributed by atoms with E-state index in [-0.39, 0.29) is 11.3 Å². The highest BCUT2D eigenvalue weighted by Gasteiger charge is 2.47. The van der Waals surface area contributed by atoms with E-state index in [0.29, 0.717) is 5.57 Å². The molecule has 0 amide bonds. The van der Waals surface area contributed by atoms with Crippen LogP contribution < -0.4 is 5.32 Å². The molecule has 0 bridgehead atoms. The second-order valence-electron chi connectivity index (χ2n) is 6.94. The number of hydrogen-bond acceptors (Lipinski definition) is 4. The molecule has 2 aliphatic rings. The zero-order valence-electron chi connectivity index (χ0n) is 12.0. The van der Waals surface area contributed by atoms with E-state index in [4.69, 9.17) is 0 Å². The molecule has 4 heteroatoms. The van der Waals surface area contributed by atoms with Crippen molar-refractivity contribution in [3.05, 3.63) is 11.3 Å². The van der Waals surface area contributed by atoms with Crippen molar-refractivity contribution in [1.29, 1.82) is 0 Å². The van der Waals surface area contributed by atoms with Crippen molar-refractivity contribution in [2.24, 2.45) is 4.99 Å². The van der Waals surface area contributed by atoms with Gasteiger partial charge in [0.25, 0.3) is 0 Å². The van der Waals surface area contributed by atoms with Gasteiger partial charge in [-0.05, 0) is 41.5 Å². The number of aliphatic imine (C=N–C) groups is 1. The molecule has 0 atom stereocenters. The van der Waals surface area contributed by atoms with Crippen LogP contribution in [0.4, 0.5) is 0 Å². The summed E-state index contributed by atoms with van der Waals surface area (Å²) in [4.78, 5) is 17.0. The van der Waals surface area contributed by atoms with Crippen LogP contribution in [-0.2, 0) is 4.79 Å². The fraction of sp³-hybridized carbons (Fsp3) is 0.714. The molecule has 1 saturated heterocycles. The first-order chi connectivity index (χ1) is 7.94. The first kappa shape index (κ1) is 13.3. The van der Waals surface area contributed by atoms with Crippen LogP contribution in [0.25, 0.3) is 0 Å². The lowest BCUT2D eigenvalue weighted by Crippen LogP contribution is -2.45. The molecular weight excluding hydrogens is 228 g/mol. The maximum absolute atomic E-state index is 12.5. The van der Waals surface area contributed by atoms with Gasteiger partial charge >= 0.3 is 0 Å². The summed E-state index contributed by atoms with van der Waals surface area (Å²) in [6.07, 6.45) is 0.776. The fourth-order valence-electron chi connectivity index (χ4n) is 2.66. The number of dihydropyridines is 1. The zero-order chi connectivity index (χ0) is 13.9. The number of hydrogen-bond donors (Lipinski definition) is 2. The Bertz CT molecular complexity index is 477. The lowest BCUT2D eigenvalue weighted by molar-refractivity contribution is -0.121. The fourth-order valence-corrected chi connectivity index (χ4v) is 2.66. The minimum Gasteiger partial charge on any atom is -0.386 e. The first-order valence-corrected chi connectivity index (χ1v) is 6.33. The zero-order valence-corrected chi connectivity index (χ0v) is 12.0. The Morgan fingerprint density at radius 3 is 2.33 bits per heavy atom. The molecular formula is C14H22N2O2. The van der Waals surface area contributed by atoms with E-state index in [1.54, 1.807) is 27.7 Å². The van der Waals surface area contributed by atoms with E-state index in [1.807, 2.05) is 0 Å². The molecule has 100 valence electrons. The van der Waals surface area contributed by atoms with Gasteiger partial charge in [0.2, 0.25) is 0 Å². The number of carbonyl (C=O) groups excluding carboxylic acids is 1. The molecule has 0 spiro atoms. The van der Waals surface area contributed by atoms with Gasteiger partial charge in [0.05, 0.1) is 22.6 Å². The Morgan fingerprint density at radius 2 is 1.83 bits per heavy atom. The minimum atomic E-state index is -1.15. The van der Waals surface area contributed by atoms with Crippen molar-refractivity contribution in [2.75, 3.05) is 0 Å². The number of nitrogens with zero attached hydrogens (tertiary/aromatic N) is 1. The highest BCUT2D eigenvalue weighted by atomic mass is 16.3. The van der Waals surface area contributed by atoms with E-state index < -0.39 is 11.1 Å². The normalized spacial score (nSPS) is 25.7. The van der Waals surface area contributed by atoms with Crippen molar-refractivity contribution in [1.82, 2.24) is 5.32 Å². The van der Waals surface area contributed by atoms with Gasteiger partial charge in [0.1, 0.15) is 5.54 Å². The molecule has 0 unspecified atom stereocenters. The minimum absolute atomic E-state index is 0.0982. The monoisotopic (exact) mass is 250 g/mol. The number of carbonyl (C=O) groups is 1. The average Bonchev–Trinajstić information content (AvgIpc) is 2.36. The van der Waals surface area contributed by atoms with E-state index in [2.05, 4.69) is 24.2 Å². The third kappa shape index (κ3) is 1.99. The molecule has 2 N–H and O–H groups in total. The van der Waals surface area contributed by atoms with Crippen molar-refractivity contribution in [3.8, 4) is 0 Å². The summed E-state index contributed by atoms with van der Waals surface area (Å²) < 4.78 is 0. The Hall–Kier alpha value is -1.16. The third-order valence-electron chi connectivity index (χ3n) is 3.42. The molecule has 0 aromatic carbocycles. The molecule has 2 aliphatic heterocycles. The van der Waals surface area contributed by atoms with Crippen molar-refractivity contribution in [2.45, 2.75) is 64.6 Å². The van der Waals surface area contributed by atoms with Gasteiger partial charge in [-0.3, -0.25) is 9.79 Å². The molecule has 2 heterocycles. The highest BCUT2D eigenvalue weighted by Crippen LogP contribution is 2.37. The molecule has 0 aromatic rings. The molecule has 0 aromatic heterocycles. The van der Waals surface area contributed by atoms with Crippen LogP contribution in [0.15, 0.2) is 16.3 Å². The summed E-state index contributed by atoms with van der Waals surface area (Å²) in [6, 6.07) is 0. The van der Waals surface area contributed by atoms with E-state index in [1.165, 1.54) is 0 Å². The van der Waals surface area contributed by atoms with Crippen molar-refractivity contribution in [3.63, 3.8) is 0 Å². The number of allylic oxidation sites excluding steroid dienone is 1. The standard InChI is InChI=1S/C14H22N2O2/c1-12(2)7-8-10(16-12)9(14(5,6)18)11(17)13(3,4)15-8/h16,18H,7H2,1-6H3. The summed E-state index contributed by atoms with van der Waals surface area (Å²) in [7, 11) is 0. The molecule has 0 radical (unpaired) electrons. The topological polar surface area (TPSA) is 61.7 Å². The predicted octanol–water partition coefficient (Wildman–Crippen LogP) is 1.59. The Kier molecular flexibility index (Phi) is 2.54. The molecule has 0 saturated carbocycles. The van der Waals surface area contributed by atoms with Gasteiger partial charge in [0, 0.05) is 12.0 Å². The number of rotatable bonds is 1. The van der Waals surface area contributed by atoms with Crippen LogP contribution in [0.2, 0.25) is 0 Å². The molecule has 0 aliphatic carbocycles. The number of aliphatic hydroxyl groups is 1. The van der Waals surface area contributed by atoms with Gasteiger partial charge in [-0.1, -0.05) is 0 Å². The maximum atomic E-state index is 12.5. The van der Waals surface area contributed by atoms with E-state index >= 15 is 0 Å². The predicted molar refractivity (Wildman–Crippen MR) is 71.7 cm³/mol. The number of nitrogens with one attached hydrogen (secondary N) is 1. The Balaban J connectivity index is 2.65. The summed E-state index contributed by atoms with van der Waals surface area (Å²) >= 11 is 0. The van der Waals surface area contributed by atoms with Crippen LogP contribution in [0, 0.1) is 0 Å². The van der Waals surface area contributed by atoms with Gasteiger partial charge in [-0.15, -0.1) is 0 Å². The summed E-state index contributed by atoms with van der Waals surface area (Å²) in [6.45, 7) is 11.0. The summed E-state index contributed by atoms with van der Waals surface area (Å²) in [5, 5.41) is 13.6. The van der Waals surface area contributed by atoms with Gasteiger partial charge in [-0.2, -0.15) is 0 Å². The molecule has 4 nitrogen and oxygen atoms in total. The second kappa shape index (κ2) is 3.44. The molecule has 1 fully saturated rings. The number of Topliss-reactive ketones (excluding diaryl/α,β-unsaturated/α-hetero) is 1. The first-order valence-electron chi connectivity index (χ1n) is 6.33.